The number of aryl methyl sites for hydroxylation is 1. The van der Waals surface area contributed by atoms with Gasteiger partial charge < -0.3 is 14.5 Å². The van der Waals surface area contributed by atoms with Crippen molar-refractivity contribution in [2.24, 2.45) is 0 Å². The average Bonchev–Trinajstić information content (AvgIpc) is 3.54. The summed E-state index contributed by atoms with van der Waals surface area (Å²) in [6.07, 6.45) is 4.79. The van der Waals surface area contributed by atoms with Gasteiger partial charge in [-0.05, 0) is 48.6 Å². The Morgan fingerprint density at radius 2 is 1.93 bits per heavy atom. The predicted molar refractivity (Wildman–Crippen MR) is 104 cm³/mol. The van der Waals surface area contributed by atoms with Gasteiger partial charge in [0.15, 0.2) is 6.10 Å². The molecular weight excluding hydrogens is 354 g/mol. The van der Waals surface area contributed by atoms with E-state index in [9.17, 15) is 9.59 Å². The minimum absolute atomic E-state index is 0.0492. The molecule has 2 fully saturated rings. The molecule has 0 N–H and O–H groups in total. The standard InChI is InChI=1S/C22H25N3O3/c1-15-5-3-4-6-18(15)20-21(28-14-19(26)24(20)2)22(27)25(17-7-8-17)13-16-9-11-23-12-10-16/h3-6,9-12,17,20-21H,7-8,13-14H2,1-2H3/t20-,21+/m1/s1. The van der Waals surface area contributed by atoms with Gasteiger partial charge in [0, 0.05) is 32.0 Å². The normalized spacial score (nSPS) is 22.2. The lowest BCUT2D eigenvalue weighted by Gasteiger charge is -2.41. The highest BCUT2D eigenvalue weighted by molar-refractivity contribution is 5.87. The second kappa shape index (κ2) is 7.72. The first-order valence-electron chi connectivity index (χ1n) is 9.68. The summed E-state index contributed by atoms with van der Waals surface area (Å²) in [6, 6.07) is 11.5. The van der Waals surface area contributed by atoms with Crippen molar-refractivity contribution in [1.82, 2.24) is 14.8 Å². The highest BCUT2D eigenvalue weighted by Gasteiger charge is 2.45. The summed E-state index contributed by atoms with van der Waals surface area (Å²) in [4.78, 5) is 33.5. The molecule has 2 aromatic rings. The van der Waals surface area contributed by atoms with E-state index in [1.165, 1.54) is 0 Å². The van der Waals surface area contributed by atoms with Crippen LogP contribution in [0.25, 0.3) is 0 Å². The van der Waals surface area contributed by atoms with Crippen molar-refractivity contribution in [2.75, 3.05) is 13.7 Å². The molecule has 28 heavy (non-hydrogen) atoms. The number of hydrogen-bond acceptors (Lipinski definition) is 4. The number of amides is 2. The van der Waals surface area contributed by atoms with Gasteiger partial charge in [-0.2, -0.15) is 0 Å². The molecule has 1 aromatic heterocycles. The van der Waals surface area contributed by atoms with E-state index in [1.54, 1.807) is 24.3 Å². The van der Waals surface area contributed by atoms with Crippen molar-refractivity contribution in [1.29, 1.82) is 0 Å². The molecule has 6 heteroatoms. The van der Waals surface area contributed by atoms with E-state index in [2.05, 4.69) is 4.98 Å². The Hall–Kier alpha value is -2.73. The first kappa shape index (κ1) is 18.6. The Bertz CT molecular complexity index is 866. The summed E-state index contributed by atoms with van der Waals surface area (Å²) < 4.78 is 5.85. The second-order valence-corrected chi connectivity index (χ2v) is 7.59. The van der Waals surface area contributed by atoms with Crippen LogP contribution in [0.15, 0.2) is 48.8 Å². The fourth-order valence-corrected chi connectivity index (χ4v) is 3.83. The van der Waals surface area contributed by atoms with Gasteiger partial charge in [0.2, 0.25) is 5.91 Å². The molecule has 0 spiro atoms. The van der Waals surface area contributed by atoms with Crippen molar-refractivity contribution in [3.63, 3.8) is 0 Å². The van der Waals surface area contributed by atoms with Crippen molar-refractivity contribution in [3.8, 4) is 0 Å². The monoisotopic (exact) mass is 379 g/mol. The van der Waals surface area contributed by atoms with E-state index in [0.29, 0.717) is 6.54 Å². The highest BCUT2D eigenvalue weighted by Crippen LogP contribution is 2.35. The van der Waals surface area contributed by atoms with Crippen molar-refractivity contribution in [2.45, 2.75) is 44.5 Å². The maximum atomic E-state index is 13.6. The molecule has 0 bridgehead atoms. The third kappa shape index (κ3) is 3.64. The lowest BCUT2D eigenvalue weighted by Crippen LogP contribution is -2.54. The van der Waals surface area contributed by atoms with Gasteiger partial charge in [-0.15, -0.1) is 0 Å². The number of ether oxygens (including phenoxy) is 1. The van der Waals surface area contributed by atoms with Crippen LogP contribution in [0.2, 0.25) is 0 Å². The van der Waals surface area contributed by atoms with Gasteiger partial charge in [0.05, 0.1) is 6.04 Å². The number of benzene rings is 1. The summed E-state index contributed by atoms with van der Waals surface area (Å²) in [7, 11) is 1.76. The van der Waals surface area contributed by atoms with Gasteiger partial charge >= 0.3 is 0 Å². The van der Waals surface area contributed by atoms with Crippen molar-refractivity contribution >= 4 is 11.8 Å². The number of carbonyl (C=O) groups excluding carboxylic acids is 2. The molecule has 2 heterocycles. The smallest absolute Gasteiger partial charge is 0.254 e. The number of morpholine rings is 1. The summed E-state index contributed by atoms with van der Waals surface area (Å²) in [5.74, 6) is -0.156. The number of hydrogen-bond donors (Lipinski definition) is 0. The number of aromatic nitrogens is 1. The summed E-state index contributed by atoms with van der Waals surface area (Å²) in [6.45, 7) is 2.46. The zero-order chi connectivity index (χ0) is 19.7. The molecule has 1 saturated carbocycles. The molecule has 4 rings (SSSR count). The SMILES string of the molecule is Cc1ccccc1[C@@H]1[C@@H](C(=O)N(Cc2ccncc2)C2CC2)OCC(=O)N1C. The molecule has 2 amide bonds. The molecule has 2 aliphatic rings. The van der Waals surface area contributed by atoms with Crippen LogP contribution < -0.4 is 0 Å². The molecule has 1 aromatic carbocycles. The van der Waals surface area contributed by atoms with E-state index in [4.69, 9.17) is 4.74 Å². The Morgan fingerprint density at radius 1 is 1.21 bits per heavy atom. The van der Waals surface area contributed by atoms with Crippen LogP contribution in [0.4, 0.5) is 0 Å². The van der Waals surface area contributed by atoms with Gasteiger partial charge in [0.1, 0.15) is 6.61 Å². The van der Waals surface area contributed by atoms with Gasteiger partial charge in [0.25, 0.3) is 5.91 Å². The Balaban J connectivity index is 1.65. The number of rotatable bonds is 5. The zero-order valence-electron chi connectivity index (χ0n) is 16.2. The number of likely N-dealkylation sites (N-methyl/N-ethyl adjacent to an activating group) is 1. The summed E-state index contributed by atoms with van der Waals surface area (Å²) in [5.41, 5.74) is 3.04. The minimum Gasteiger partial charge on any atom is -0.356 e. The van der Waals surface area contributed by atoms with E-state index < -0.39 is 12.1 Å². The van der Waals surface area contributed by atoms with Crippen LogP contribution >= 0.6 is 0 Å². The van der Waals surface area contributed by atoms with Crippen LogP contribution in [0.1, 0.15) is 35.6 Å². The maximum absolute atomic E-state index is 13.6. The van der Waals surface area contributed by atoms with Crippen molar-refractivity contribution < 1.29 is 14.3 Å². The number of carbonyl (C=O) groups is 2. The highest BCUT2D eigenvalue weighted by atomic mass is 16.5. The minimum atomic E-state index is -0.703. The topological polar surface area (TPSA) is 62.7 Å². The van der Waals surface area contributed by atoms with Gasteiger partial charge in [-0.3, -0.25) is 14.6 Å². The van der Waals surface area contributed by atoms with Crippen LogP contribution in [0.5, 0.6) is 0 Å². The molecular formula is C22H25N3O3. The van der Waals surface area contributed by atoms with E-state index in [0.717, 1.165) is 29.5 Å². The predicted octanol–water partition coefficient (Wildman–Crippen LogP) is 2.48. The second-order valence-electron chi connectivity index (χ2n) is 7.59. The third-order valence-corrected chi connectivity index (χ3v) is 5.61. The van der Waals surface area contributed by atoms with E-state index in [1.807, 2.05) is 48.2 Å². The van der Waals surface area contributed by atoms with Crippen LogP contribution in [0.3, 0.4) is 0 Å². The molecule has 6 nitrogen and oxygen atoms in total. The van der Waals surface area contributed by atoms with Crippen molar-refractivity contribution in [3.05, 3.63) is 65.5 Å². The van der Waals surface area contributed by atoms with Crippen LogP contribution in [-0.2, 0) is 20.9 Å². The molecule has 2 atom stereocenters. The van der Waals surface area contributed by atoms with Crippen LogP contribution in [0, 0.1) is 6.92 Å². The maximum Gasteiger partial charge on any atom is 0.254 e. The Morgan fingerprint density at radius 3 is 2.61 bits per heavy atom. The largest absolute Gasteiger partial charge is 0.356 e. The van der Waals surface area contributed by atoms with E-state index in [-0.39, 0.29) is 24.5 Å². The lowest BCUT2D eigenvalue weighted by molar-refractivity contribution is -0.168. The first-order valence-corrected chi connectivity index (χ1v) is 9.68. The summed E-state index contributed by atoms with van der Waals surface area (Å²) in [5, 5.41) is 0. The van der Waals surface area contributed by atoms with Gasteiger partial charge in [-0.1, -0.05) is 24.3 Å². The fourth-order valence-electron chi connectivity index (χ4n) is 3.83. The molecule has 1 aliphatic carbocycles. The lowest BCUT2D eigenvalue weighted by atomic mass is 9.93. The quantitative estimate of drug-likeness (QED) is 0.801. The molecule has 146 valence electrons. The fraction of sp³-hybridized carbons (Fsp3) is 0.409. The third-order valence-electron chi connectivity index (χ3n) is 5.61. The van der Waals surface area contributed by atoms with E-state index >= 15 is 0 Å². The average molecular weight is 379 g/mol. The Kier molecular flexibility index (Phi) is 5.13. The van der Waals surface area contributed by atoms with Gasteiger partial charge in [-0.25, -0.2) is 0 Å². The number of nitrogens with zero attached hydrogens (tertiary/aromatic N) is 3. The molecule has 0 unspecified atom stereocenters. The van der Waals surface area contributed by atoms with Crippen LogP contribution in [-0.4, -0.2) is 52.4 Å². The Labute approximate surface area is 165 Å². The number of pyridine rings is 1. The summed E-state index contributed by atoms with van der Waals surface area (Å²) >= 11 is 0. The zero-order valence-corrected chi connectivity index (χ0v) is 16.2. The first-order chi connectivity index (χ1) is 13.6. The molecule has 0 radical (unpaired) electrons. The molecule has 1 saturated heterocycles. The molecule has 1 aliphatic heterocycles.